The minimum atomic E-state index is -3.99. The molecule has 1 unspecified atom stereocenters. The standard InChI is InChI=1S/C35H25Cl2F7N8O4S/c1-50-28-21(6-3-18(36)23(28)32(48-50)49-57(2,55)56)51-33(46-20-5-4-19(40)25(37)24(20)34(51)54)16(9-12-7-13(38)10-14(39)8-12)27(31(45)53)52-29-22(26(47-52)30(41)42)15-11-17(15)35(29,43)44/h3-8,10,15-17,27,30H,9,11H2,1-2H3,(H2,45,53)(H,48,49)/t15-,16-,17+,27?/m0/s1. The van der Waals surface area contributed by atoms with Crippen LogP contribution in [0, 0.1) is 23.4 Å². The summed E-state index contributed by atoms with van der Waals surface area (Å²) >= 11 is 12.9. The Morgan fingerprint density at radius 2 is 1.74 bits per heavy atom. The lowest BCUT2D eigenvalue weighted by molar-refractivity contribution is -0.122. The van der Waals surface area contributed by atoms with Crippen LogP contribution in [0.5, 0.6) is 0 Å². The predicted octanol–water partition coefficient (Wildman–Crippen LogP) is 6.76. The third-order valence-corrected chi connectivity index (χ3v) is 11.4. The second-order valence-corrected chi connectivity index (χ2v) is 16.4. The number of primary amides is 1. The number of hydrogen-bond donors (Lipinski definition) is 2. The fourth-order valence-electron chi connectivity index (χ4n) is 7.93. The molecular formula is C35H25Cl2F7N8O4S. The molecule has 0 aliphatic heterocycles. The summed E-state index contributed by atoms with van der Waals surface area (Å²) < 4.78 is 135. The number of carbonyl (C=O) groups excluding carboxylic acids is 1. The van der Waals surface area contributed by atoms with E-state index in [4.69, 9.17) is 28.9 Å². The molecule has 3 N–H and O–H groups in total. The number of fused-ring (bicyclic) bond motifs is 5. The van der Waals surface area contributed by atoms with E-state index in [2.05, 4.69) is 19.9 Å². The van der Waals surface area contributed by atoms with Crippen LogP contribution in [0.2, 0.25) is 10.0 Å². The highest BCUT2D eigenvalue weighted by molar-refractivity contribution is 7.92. The van der Waals surface area contributed by atoms with Crippen molar-refractivity contribution in [3.05, 3.63) is 109 Å². The van der Waals surface area contributed by atoms with Gasteiger partial charge < -0.3 is 5.73 Å². The first-order valence-corrected chi connectivity index (χ1v) is 19.4. The Labute approximate surface area is 326 Å². The van der Waals surface area contributed by atoms with Gasteiger partial charge in [-0.2, -0.15) is 19.0 Å². The van der Waals surface area contributed by atoms with Gasteiger partial charge in [0.1, 0.15) is 40.7 Å². The van der Waals surface area contributed by atoms with Gasteiger partial charge in [0.2, 0.25) is 15.9 Å². The first-order valence-electron chi connectivity index (χ1n) is 16.8. The number of hydrogen-bond acceptors (Lipinski definition) is 7. The summed E-state index contributed by atoms with van der Waals surface area (Å²) in [4.78, 5) is 33.2. The van der Waals surface area contributed by atoms with Gasteiger partial charge in [0, 0.05) is 24.6 Å². The molecule has 3 heterocycles. The molecule has 6 aromatic rings. The smallest absolute Gasteiger partial charge is 0.293 e. The molecule has 2 aliphatic rings. The van der Waals surface area contributed by atoms with Crippen molar-refractivity contribution in [3.63, 3.8) is 0 Å². The second kappa shape index (κ2) is 13.2. The largest absolute Gasteiger partial charge is 0.368 e. The Morgan fingerprint density at radius 1 is 1.05 bits per heavy atom. The van der Waals surface area contributed by atoms with Crippen molar-refractivity contribution in [2.45, 2.75) is 43.1 Å². The highest BCUT2D eigenvalue weighted by atomic mass is 35.5. The first kappa shape index (κ1) is 38.7. The number of aryl methyl sites for hydroxylation is 1. The molecule has 3 aromatic carbocycles. The number of benzene rings is 3. The SMILES string of the molecule is Cn1nc(NS(C)(=O)=O)c2c(Cl)ccc(-n3c([C@@H](Cc4cc(F)cc(F)c4)C(C(N)=O)n4nc(C(F)F)c5c4C(F)(F)[C@@H]4C[C@H]54)nc4ccc(F)c(Cl)c4c3=O)c21. The molecule has 22 heteroatoms. The molecule has 0 bridgehead atoms. The molecule has 4 atom stereocenters. The van der Waals surface area contributed by atoms with Crippen LogP contribution in [-0.2, 0) is 34.2 Å². The fraction of sp³-hybridized carbons (Fsp3) is 0.286. The summed E-state index contributed by atoms with van der Waals surface area (Å²) in [5.74, 6) is -13.6. The van der Waals surface area contributed by atoms with Gasteiger partial charge in [-0.25, -0.2) is 40.0 Å². The molecule has 3 aromatic heterocycles. The summed E-state index contributed by atoms with van der Waals surface area (Å²) in [6, 6.07) is 4.37. The van der Waals surface area contributed by atoms with Crippen molar-refractivity contribution in [2.75, 3.05) is 11.0 Å². The van der Waals surface area contributed by atoms with Gasteiger partial charge in [0.05, 0.1) is 49.7 Å². The second-order valence-electron chi connectivity index (χ2n) is 13.9. The highest BCUT2D eigenvalue weighted by Gasteiger charge is 2.67. The highest BCUT2D eigenvalue weighted by Crippen LogP contribution is 2.68. The van der Waals surface area contributed by atoms with Crippen molar-refractivity contribution in [2.24, 2.45) is 18.7 Å². The third-order valence-electron chi connectivity index (χ3n) is 10.2. The molecule has 0 radical (unpaired) electrons. The lowest BCUT2D eigenvalue weighted by Gasteiger charge is -2.30. The number of anilines is 1. The van der Waals surface area contributed by atoms with E-state index in [1.165, 1.54) is 19.2 Å². The van der Waals surface area contributed by atoms with Gasteiger partial charge in [-0.15, -0.1) is 0 Å². The van der Waals surface area contributed by atoms with E-state index in [1.807, 2.05) is 0 Å². The zero-order valence-electron chi connectivity index (χ0n) is 29.0. The van der Waals surface area contributed by atoms with Gasteiger partial charge in [-0.1, -0.05) is 23.2 Å². The Balaban J connectivity index is 1.50. The van der Waals surface area contributed by atoms with Crippen molar-refractivity contribution >= 4 is 66.8 Å². The maximum absolute atomic E-state index is 16.1. The van der Waals surface area contributed by atoms with Crippen LogP contribution < -0.4 is 16.0 Å². The van der Waals surface area contributed by atoms with Gasteiger partial charge in [0.15, 0.2) is 5.82 Å². The summed E-state index contributed by atoms with van der Waals surface area (Å²) in [6.07, 6.45) is -3.40. The monoisotopic (exact) mass is 856 g/mol. The maximum atomic E-state index is 16.1. The Hall–Kier alpha value is -5.21. The number of nitrogens with zero attached hydrogens (tertiary/aromatic N) is 6. The van der Waals surface area contributed by atoms with E-state index in [1.54, 1.807) is 0 Å². The third kappa shape index (κ3) is 6.19. The zero-order chi connectivity index (χ0) is 41.2. The van der Waals surface area contributed by atoms with Crippen molar-refractivity contribution in [1.29, 1.82) is 0 Å². The normalized spacial score (nSPS) is 18.2. The van der Waals surface area contributed by atoms with E-state index < -0.39 is 115 Å². The molecule has 0 spiro atoms. The summed E-state index contributed by atoms with van der Waals surface area (Å²) in [5.41, 5.74) is 1.45. The van der Waals surface area contributed by atoms with Gasteiger partial charge in [-0.05, 0) is 60.7 Å². The van der Waals surface area contributed by atoms with Crippen LogP contribution in [0.15, 0.2) is 47.3 Å². The number of nitrogens with two attached hydrogens (primary N) is 1. The van der Waals surface area contributed by atoms with Crippen LogP contribution in [0.4, 0.5) is 36.6 Å². The molecule has 2 aliphatic carbocycles. The quantitative estimate of drug-likeness (QED) is 0.144. The fourth-order valence-corrected chi connectivity index (χ4v) is 8.90. The zero-order valence-corrected chi connectivity index (χ0v) is 31.4. The molecule has 1 amide bonds. The molecular weight excluding hydrogens is 832 g/mol. The lowest BCUT2D eigenvalue weighted by Crippen LogP contribution is -2.39. The molecule has 298 valence electrons. The average molecular weight is 858 g/mol. The van der Waals surface area contributed by atoms with Gasteiger partial charge >= 0.3 is 0 Å². The topological polar surface area (TPSA) is 160 Å². The lowest BCUT2D eigenvalue weighted by atomic mass is 9.89. The minimum absolute atomic E-state index is 0.0779. The molecule has 57 heavy (non-hydrogen) atoms. The number of rotatable bonds is 10. The number of amides is 1. The van der Waals surface area contributed by atoms with Crippen LogP contribution in [0.3, 0.4) is 0 Å². The summed E-state index contributed by atoms with van der Waals surface area (Å²) in [7, 11) is -2.65. The first-order chi connectivity index (χ1) is 26.7. The number of halogens is 9. The van der Waals surface area contributed by atoms with Crippen LogP contribution in [0.1, 0.15) is 59.1 Å². The predicted molar refractivity (Wildman–Crippen MR) is 193 cm³/mol. The van der Waals surface area contributed by atoms with E-state index >= 15 is 8.78 Å². The van der Waals surface area contributed by atoms with Gasteiger partial charge in [0.25, 0.3) is 17.9 Å². The molecule has 8 rings (SSSR count). The van der Waals surface area contributed by atoms with Crippen molar-refractivity contribution in [3.8, 4) is 5.69 Å². The average Bonchev–Trinajstić information content (AvgIpc) is 3.63. The van der Waals surface area contributed by atoms with Crippen molar-refractivity contribution in [1.82, 2.24) is 29.1 Å². The Morgan fingerprint density at radius 3 is 2.37 bits per heavy atom. The van der Waals surface area contributed by atoms with Crippen molar-refractivity contribution < 1.29 is 43.9 Å². The van der Waals surface area contributed by atoms with E-state index in [0.29, 0.717) is 10.7 Å². The van der Waals surface area contributed by atoms with E-state index in [-0.39, 0.29) is 44.9 Å². The Bertz CT molecular complexity index is 2880. The molecule has 1 fully saturated rings. The Kier molecular flexibility index (Phi) is 8.93. The van der Waals surface area contributed by atoms with Crippen LogP contribution in [0.25, 0.3) is 27.5 Å². The molecule has 0 saturated heterocycles. The van der Waals surface area contributed by atoms with Crippen LogP contribution >= 0.6 is 23.2 Å². The minimum Gasteiger partial charge on any atom is -0.368 e. The number of nitrogens with one attached hydrogen (secondary N) is 1. The number of aromatic nitrogens is 6. The number of sulfonamides is 1. The van der Waals surface area contributed by atoms with E-state index in [0.717, 1.165) is 39.8 Å². The number of alkyl halides is 4. The summed E-state index contributed by atoms with van der Waals surface area (Å²) in [5, 5.41) is 6.62. The maximum Gasteiger partial charge on any atom is 0.293 e. The van der Waals surface area contributed by atoms with Gasteiger partial charge in [-0.3, -0.25) is 23.6 Å². The molecule has 12 nitrogen and oxygen atoms in total. The van der Waals surface area contributed by atoms with E-state index in [9.17, 15) is 40.0 Å². The summed E-state index contributed by atoms with van der Waals surface area (Å²) in [6.45, 7) is 0. The molecule has 1 saturated carbocycles. The van der Waals surface area contributed by atoms with Crippen LogP contribution in [-0.4, -0.2) is 49.7 Å². The number of carbonyl (C=O) groups is 1.